The summed E-state index contributed by atoms with van der Waals surface area (Å²) in [5.74, 6) is 0. The van der Waals surface area contributed by atoms with Gasteiger partial charge in [0.2, 0.25) is 0 Å². The van der Waals surface area contributed by atoms with E-state index in [2.05, 4.69) is 22.6 Å². The lowest BCUT2D eigenvalue weighted by Gasteiger charge is -2.46. The van der Waals surface area contributed by atoms with Gasteiger partial charge < -0.3 is 14.7 Å². The fourth-order valence-corrected chi connectivity index (χ4v) is 2.57. The molecule has 0 unspecified atom stereocenters. The summed E-state index contributed by atoms with van der Waals surface area (Å²) in [4.78, 5) is 13.4. The Kier molecular flexibility index (Phi) is 4.30. The van der Waals surface area contributed by atoms with Crippen LogP contribution in [0.2, 0.25) is 0 Å². The number of nitrogens with zero attached hydrogens (tertiary/aromatic N) is 1. The number of likely N-dealkylation sites (tertiary alicyclic amines) is 1. The van der Waals surface area contributed by atoms with Crippen LogP contribution in [0.3, 0.4) is 0 Å². The van der Waals surface area contributed by atoms with E-state index in [0.29, 0.717) is 19.5 Å². The molecule has 1 saturated heterocycles. The van der Waals surface area contributed by atoms with Crippen LogP contribution < -0.4 is 0 Å². The van der Waals surface area contributed by atoms with Crippen molar-refractivity contribution in [1.82, 2.24) is 4.90 Å². The molecule has 1 aromatic carbocycles. The number of benzene rings is 1. The van der Waals surface area contributed by atoms with E-state index >= 15 is 0 Å². The first-order valence-electron chi connectivity index (χ1n) is 6.62. The predicted molar refractivity (Wildman–Crippen MR) is 85.6 cm³/mol. The number of rotatable bonds is 2. The van der Waals surface area contributed by atoms with Gasteiger partial charge in [0, 0.05) is 9.99 Å². The zero-order valence-electron chi connectivity index (χ0n) is 12.0. The number of halogens is 1. The van der Waals surface area contributed by atoms with Crippen LogP contribution in [0.15, 0.2) is 24.3 Å². The molecule has 4 nitrogen and oxygen atoms in total. The second-order valence-corrected chi connectivity index (χ2v) is 7.61. The van der Waals surface area contributed by atoms with Gasteiger partial charge in [-0.2, -0.15) is 0 Å². The summed E-state index contributed by atoms with van der Waals surface area (Å²) < 4.78 is 6.44. The van der Waals surface area contributed by atoms with E-state index in [9.17, 15) is 9.90 Å². The number of aliphatic hydroxyl groups is 1. The Bertz CT molecular complexity index is 487. The molecule has 20 heavy (non-hydrogen) atoms. The number of carbonyl (C=O) groups excluding carboxylic acids is 1. The maximum Gasteiger partial charge on any atom is 0.410 e. The van der Waals surface area contributed by atoms with Gasteiger partial charge in [-0.05, 0) is 61.1 Å². The highest BCUT2D eigenvalue weighted by Gasteiger charge is 2.45. The third-order valence-electron chi connectivity index (χ3n) is 3.07. The summed E-state index contributed by atoms with van der Waals surface area (Å²) in [6.07, 6.45) is 0.202. The highest BCUT2D eigenvalue weighted by Crippen LogP contribution is 2.27. The molecule has 1 amide bonds. The van der Waals surface area contributed by atoms with Crippen LogP contribution in [0.25, 0.3) is 0 Å². The Labute approximate surface area is 133 Å². The molecule has 0 atom stereocenters. The Morgan fingerprint density at radius 3 is 2.40 bits per heavy atom. The van der Waals surface area contributed by atoms with Gasteiger partial charge in [0.15, 0.2) is 0 Å². The van der Waals surface area contributed by atoms with E-state index in [1.165, 1.54) is 8.47 Å². The molecular weight excluding hydrogens is 369 g/mol. The number of hydrogen-bond donors (Lipinski definition) is 1. The van der Waals surface area contributed by atoms with Gasteiger partial charge in [-0.15, -0.1) is 0 Å². The predicted octanol–water partition coefficient (Wildman–Crippen LogP) is 2.82. The Hall–Kier alpha value is -0.820. The average Bonchev–Trinajstić information content (AvgIpc) is 2.26. The van der Waals surface area contributed by atoms with Crippen LogP contribution in [0.5, 0.6) is 0 Å². The molecule has 1 heterocycles. The lowest BCUT2D eigenvalue weighted by molar-refractivity contribution is -0.0973. The van der Waals surface area contributed by atoms with Gasteiger partial charge in [0.05, 0.1) is 13.1 Å². The van der Waals surface area contributed by atoms with Crippen LogP contribution in [0.4, 0.5) is 4.79 Å². The Balaban J connectivity index is 1.87. The van der Waals surface area contributed by atoms with Crippen molar-refractivity contribution in [3.8, 4) is 0 Å². The standard InChI is InChI=1S/C15H20INO3/c1-14(2,3)20-13(18)17-9-15(19,10-17)8-11-4-6-12(16)7-5-11/h4-7,19H,8-10H2,1-3H3. The fourth-order valence-electron chi connectivity index (χ4n) is 2.21. The van der Waals surface area contributed by atoms with Gasteiger partial charge in [0.25, 0.3) is 0 Å². The van der Waals surface area contributed by atoms with E-state index in [4.69, 9.17) is 4.74 Å². The Morgan fingerprint density at radius 2 is 1.90 bits per heavy atom. The van der Waals surface area contributed by atoms with Crippen molar-refractivity contribution in [3.63, 3.8) is 0 Å². The first-order chi connectivity index (χ1) is 9.17. The highest BCUT2D eigenvalue weighted by molar-refractivity contribution is 14.1. The molecule has 5 heteroatoms. The van der Waals surface area contributed by atoms with Gasteiger partial charge in [-0.25, -0.2) is 4.79 Å². The van der Waals surface area contributed by atoms with E-state index in [0.717, 1.165) is 5.56 Å². The number of ether oxygens (including phenoxy) is 1. The van der Waals surface area contributed by atoms with E-state index in [1.54, 1.807) is 0 Å². The lowest BCUT2D eigenvalue weighted by Crippen LogP contribution is -2.65. The SMILES string of the molecule is CC(C)(C)OC(=O)N1CC(O)(Cc2ccc(I)cc2)C1. The van der Waals surface area contributed by atoms with Crippen molar-refractivity contribution >= 4 is 28.7 Å². The summed E-state index contributed by atoms with van der Waals surface area (Å²) in [7, 11) is 0. The van der Waals surface area contributed by atoms with Crippen molar-refractivity contribution < 1.29 is 14.6 Å². The van der Waals surface area contributed by atoms with Crippen LogP contribution in [0.1, 0.15) is 26.3 Å². The largest absolute Gasteiger partial charge is 0.444 e. The van der Waals surface area contributed by atoms with Crippen molar-refractivity contribution in [2.45, 2.75) is 38.4 Å². The molecule has 0 radical (unpaired) electrons. The van der Waals surface area contributed by atoms with Crippen LogP contribution in [-0.4, -0.2) is 40.4 Å². The molecule has 1 aliphatic heterocycles. The first-order valence-corrected chi connectivity index (χ1v) is 7.70. The minimum absolute atomic E-state index is 0.327. The third-order valence-corrected chi connectivity index (χ3v) is 3.79. The molecule has 0 aliphatic carbocycles. The minimum Gasteiger partial charge on any atom is -0.444 e. The molecule has 0 bridgehead atoms. The quantitative estimate of drug-likeness (QED) is 0.792. The van der Waals surface area contributed by atoms with E-state index in [-0.39, 0.29) is 6.09 Å². The number of amides is 1. The van der Waals surface area contributed by atoms with Gasteiger partial charge in [-0.3, -0.25) is 0 Å². The van der Waals surface area contributed by atoms with Gasteiger partial charge in [-0.1, -0.05) is 12.1 Å². The summed E-state index contributed by atoms with van der Waals surface area (Å²) in [6, 6.07) is 8.05. The zero-order valence-corrected chi connectivity index (χ0v) is 14.2. The van der Waals surface area contributed by atoms with Crippen molar-refractivity contribution in [1.29, 1.82) is 0 Å². The zero-order chi connectivity index (χ0) is 15.0. The van der Waals surface area contributed by atoms with E-state index in [1.807, 2.05) is 45.0 Å². The molecule has 1 aromatic rings. The van der Waals surface area contributed by atoms with Crippen molar-refractivity contribution in [2.24, 2.45) is 0 Å². The number of carbonyl (C=O) groups is 1. The second kappa shape index (κ2) is 5.52. The average molecular weight is 389 g/mol. The summed E-state index contributed by atoms with van der Waals surface area (Å²) in [5, 5.41) is 10.4. The van der Waals surface area contributed by atoms with Crippen molar-refractivity contribution in [3.05, 3.63) is 33.4 Å². The normalized spacial score (nSPS) is 17.6. The molecule has 0 aromatic heterocycles. The summed E-state index contributed by atoms with van der Waals surface area (Å²) in [5.41, 5.74) is -0.248. The molecule has 0 saturated carbocycles. The third kappa shape index (κ3) is 4.09. The monoisotopic (exact) mass is 389 g/mol. The number of β-amino-alcohol motifs (C(OH)–C–C–N with tert-alkyl or cyclic N) is 1. The van der Waals surface area contributed by atoms with Crippen LogP contribution in [0, 0.1) is 3.57 Å². The smallest absolute Gasteiger partial charge is 0.410 e. The van der Waals surface area contributed by atoms with Crippen molar-refractivity contribution in [2.75, 3.05) is 13.1 Å². The molecule has 110 valence electrons. The molecule has 1 fully saturated rings. The van der Waals surface area contributed by atoms with Gasteiger partial charge in [0.1, 0.15) is 11.2 Å². The highest BCUT2D eigenvalue weighted by atomic mass is 127. The number of hydrogen-bond acceptors (Lipinski definition) is 3. The molecule has 0 spiro atoms. The van der Waals surface area contributed by atoms with Gasteiger partial charge >= 0.3 is 6.09 Å². The topological polar surface area (TPSA) is 49.8 Å². The van der Waals surface area contributed by atoms with Crippen LogP contribution in [-0.2, 0) is 11.2 Å². The van der Waals surface area contributed by atoms with E-state index < -0.39 is 11.2 Å². The second-order valence-electron chi connectivity index (χ2n) is 6.36. The maximum atomic E-state index is 11.8. The Morgan fingerprint density at radius 1 is 1.35 bits per heavy atom. The minimum atomic E-state index is -0.830. The summed E-state index contributed by atoms with van der Waals surface area (Å²) >= 11 is 2.25. The summed E-state index contributed by atoms with van der Waals surface area (Å²) in [6.45, 7) is 6.16. The maximum absolute atomic E-state index is 11.8. The molecule has 2 rings (SSSR count). The fraction of sp³-hybridized carbons (Fsp3) is 0.533. The molecule has 1 N–H and O–H groups in total. The first kappa shape index (κ1) is 15.6. The lowest BCUT2D eigenvalue weighted by atomic mass is 9.87. The van der Waals surface area contributed by atoms with Crippen LogP contribution >= 0.6 is 22.6 Å². The molecule has 1 aliphatic rings. The molecular formula is C15H20INO3.